The van der Waals surface area contributed by atoms with E-state index in [1.54, 1.807) is 0 Å². The number of fused-ring (bicyclic) bond motifs is 45. The first kappa shape index (κ1) is 66.9. The molecule has 130 heavy (non-hydrogen) atoms. The highest BCUT2D eigenvalue weighted by Crippen LogP contribution is 2.55. The fraction of sp³-hybridized carbons (Fsp3) is 0. The zero-order valence-corrected chi connectivity index (χ0v) is 68.8. The number of hydrogen-bond donors (Lipinski definition) is 0. The van der Waals surface area contributed by atoms with Crippen LogP contribution in [0.5, 0.6) is 0 Å². The van der Waals surface area contributed by atoms with E-state index in [0.29, 0.717) is 0 Å². The topological polar surface area (TPSA) is 105 Å². The van der Waals surface area contributed by atoms with Crippen LogP contribution in [0.3, 0.4) is 0 Å². The molecule has 0 saturated heterocycles. The maximum Gasteiger partial charge on any atom is 0.160 e. The van der Waals surface area contributed by atoms with Gasteiger partial charge in [0.2, 0.25) is 0 Å². The van der Waals surface area contributed by atoms with Gasteiger partial charge in [0.25, 0.3) is 0 Å². The first-order chi connectivity index (χ1) is 64.4. The van der Waals surface area contributed by atoms with Gasteiger partial charge in [-0.05, 0) is 218 Å². The van der Waals surface area contributed by atoms with Gasteiger partial charge in [0.05, 0.1) is 49.7 Å². The molecule has 0 atom stereocenters. The molecule has 0 saturated carbocycles. The van der Waals surface area contributed by atoms with Crippen molar-refractivity contribution < 1.29 is 30.9 Å². The van der Waals surface area contributed by atoms with Crippen LogP contribution in [-0.2, 0) is 0 Å². The molecule has 0 aliphatic heterocycles. The highest BCUT2D eigenvalue weighted by atomic mass is 16.4. The predicted octanol–water partition coefficient (Wildman–Crippen LogP) is 34.4. The van der Waals surface area contributed by atoms with E-state index in [2.05, 4.69) is 353 Å². The summed E-state index contributed by atoms with van der Waals surface area (Å²) in [5.74, 6) is 0. The van der Waals surface area contributed by atoms with Crippen LogP contribution in [0.15, 0.2) is 389 Å². The predicted molar refractivity (Wildman–Crippen MR) is 534 cm³/mol. The van der Waals surface area contributed by atoms with E-state index in [9.17, 15) is 0 Å². The van der Waals surface area contributed by atoms with Gasteiger partial charge in [0.15, 0.2) is 33.5 Å². The van der Waals surface area contributed by atoms with Crippen molar-refractivity contribution >= 4 is 268 Å². The SMILES string of the molecule is c1ccc(-c2ccc(-c3cc4c5ccc6c7ccccc7oc6c5n5c4c(c3)c3ccc4c6cc(-c7ccc8oc9c(ccc%10c%11cc(-c%12ccccc%12)cc%12c%13ccc%14c%15cc(-c%16ccc%17oc%18c(ccc%19c%20cc(-c%21ccc%22oc%23ccccc%23c%22c%21)cc%21c%22ccc%23c%24ccccc%24oc%23c%22n(c%21%20)c%19%18)c%17c%16)ccc%15oc%14c%13n(c%11%12)c%109)c8c7)ccc6oc4c35)cc2)cc1. The van der Waals surface area contributed by atoms with Gasteiger partial charge in [-0.3, -0.25) is 0 Å². The first-order valence-electron chi connectivity index (χ1n) is 44.4. The number of nitrogens with zero attached hydrogens (tertiary/aromatic N) is 3. The zero-order chi connectivity index (χ0) is 83.6. The van der Waals surface area contributed by atoms with Crippen LogP contribution in [0, 0.1) is 0 Å². The second-order valence-electron chi connectivity index (χ2n) is 35.9. The molecule has 33 aromatic rings. The molecule has 33 rings (SSSR count). The van der Waals surface area contributed by atoms with Crippen molar-refractivity contribution in [2.75, 3.05) is 0 Å². The Morgan fingerprint density at radius 3 is 0.600 bits per heavy atom. The zero-order valence-electron chi connectivity index (χ0n) is 68.8. The second kappa shape index (κ2) is 23.5. The molecule has 0 spiro atoms. The summed E-state index contributed by atoms with van der Waals surface area (Å²) in [6, 6.07) is 130. The van der Waals surface area contributed by atoms with E-state index in [1.165, 1.54) is 21.9 Å². The molecule has 0 unspecified atom stereocenters. The van der Waals surface area contributed by atoms with Gasteiger partial charge in [-0.25, -0.2) is 0 Å². The summed E-state index contributed by atoms with van der Waals surface area (Å²) in [5, 5.41) is 28.5. The van der Waals surface area contributed by atoms with E-state index in [1.807, 2.05) is 18.2 Å². The van der Waals surface area contributed by atoms with E-state index in [-0.39, 0.29) is 0 Å². The third-order valence-corrected chi connectivity index (χ3v) is 29.4. The summed E-state index contributed by atoms with van der Waals surface area (Å²) in [6.45, 7) is 0. The Balaban J connectivity index is 0.535. The number of para-hydroxylation sites is 3. The first-order valence-corrected chi connectivity index (χ1v) is 44.4. The van der Waals surface area contributed by atoms with Gasteiger partial charge in [0, 0.05) is 140 Å². The quantitative estimate of drug-likeness (QED) is 0.163. The molecule has 13 heterocycles. The Bertz CT molecular complexity index is 10900. The lowest BCUT2D eigenvalue weighted by atomic mass is 9.96. The Morgan fingerprint density at radius 2 is 0.292 bits per heavy atom. The minimum absolute atomic E-state index is 0.808. The monoisotopic (exact) mass is 1650 g/mol. The Kier molecular flexibility index (Phi) is 12.1. The van der Waals surface area contributed by atoms with E-state index in [4.69, 9.17) is 30.9 Å². The normalized spacial score (nSPS) is 12.9. The number of furan rings is 7. The molecule has 10 heteroatoms. The second-order valence-corrected chi connectivity index (χ2v) is 35.9. The summed E-state index contributed by atoms with van der Waals surface area (Å²) in [4.78, 5) is 0. The number of benzene rings is 20. The van der Waals surface area contributed by atoms with Crippen molar-refractivity contribution in [2.45, 2.75) is 0 Å². The summed E-state index contributed by atoms with van der Waals surface area (Å²) in [6.07, 6.45) is 0. The maximum absolute atomic E-state index is 7.34. The summed E-state index contributed by atoms with van der Waals surface area (Å²) < 4.78 is 56.8. The van der Waals surface area contributed by atoms with Crippen LogP contribution in [0.4, 0.5) is 0 Å². The average Bonchev–Trinajstić information content (AvgIpc) is 1.52. The minimum Gasteiger partial charge on any atom is -0.456 e. The molecule has 0 aliphatic carbocycles. The van der Waals surface area contributed by atoms with Crippen LogP contribution < -0.4 is 0 Å². The van der Waals surface area contributed by atoms with Crippen LogP contribution in [0.25, 0.3) is 335 Å². The smallest absolute Gasteiger partial charge is 0.160 e. The number of hydrogen-bond acceptors (Lipinski definition) is 7. The molecule has 0 aliphatic rings. The molecule has 10 nitrogen and oxygen atoms in total. The van der Waals surface area contributed by atoms with Crippen molar-refractivity contribution in [1.82, 2.24) is 13.2 Å². The van der Waals surface area contributed by atoms with Crippen molar-refractivity contribution in [1.29, 1.82) is 0 Å². The molecule has 0 fully saturated rings. The lowest BCUT2D eigenvalue weighted by molar-refractivity contribution is 0.668. The van der Waals surface area contributed by atoms with Crippen LogP contribution >= 0.6 is 0 Å². The average molecular weight is 1650 g/mol. The van der Waals surface area contributed by atoms with Crippen molar-refractivity contribution in [3.05, 3.63) is 358 Å². The largest absolute Gasteiger partial charge is 0.456 e. The van der Waals surface area contributed by atoms with E-state index >= 15 is 0 Å². The fourth-order valence-corrected chi connectivity index (χ4v) is 23.6. The van der Waals surface area contributed by atoms with Crippen LogP contribution in [0.2, 0.25) is 0 Å². The van der Waals surface area contributed by atoms with Gasteiger partial charge >= 0.3 is 0 Å². The van der Waals surface area contributed by atoms with Gasteiger partial charge in [-0.1, -0.05) is 206 Å². The third-order valence-electron chi connectivity index (χ3n) is 29.4. The van der Waals surface area contributed by atoms with Gasteiger partial charge < -0.3 is 44.1 Å². The number of aromatic nitrogens is 3. The third kappa shape index (κ3) is 8.41. The Hall–Kier alpha value is -17.6. The van der Waals surface area contributed by atoms with Crippen molar-refractivity contribution in [3.8, 4) is 66.8 Å². The highest BCUT2D eigenvalue weighted by Gasteiger charge is 2.32. The van der Waals surface area contributed by atoms with Crippen LogP contribution in [-0.4, -0.2) is 13.2 Å². The molecule has 0 N–H and O–H groups in total. The standard InChI is InChI=1S/C120H59N3O7/c1-3-13-60(14-4-1)62-23-25-63(26-24-62)70-56-94-75-32-38-81-72-17-7-11-21-99(72)125-115(81)109(75)121-107(94)95(57-70)79-36-42-83-88-49-64(27-45-102(88)127-117(83)111(79)121)65-28-46-103-89(50-65)84-40-34-77-92-54-69(61-15-5-2-6-16-61)55-93-78-35-41-85-90-51-66(29-47-104(90)129-119(85)113(78)123(106(92)93)112(77)118(84)128-103)67-30-48-105-91(52-67)86-43-37-80-97-59-71(68-31-44-101-87(53-68)74-19-9-10-20-98(74)124-101)58-96-76-33-39-82-73-18-8-12-22-100(73)126-116(82)110(76)122(108(96)97)114(80)120(86)130-105/h1-59H. The van der Waals surface area contributed by atoms with Gasteiger partial charge in [-0.2, -0.15) is 0 Å². The van der Waals surface area contributed by atoms with Crippen LogP contribution in [0.1, 0.15) is 0 Å². The molecule has 0 bridgehead atoms. The lowest BCUT2D eigenvalue weighted by Crippen LogP contribution is -1.82. The van der Waals surface area contributed by atoms with E-state index in [0.717, 1.165) is 313 Å². The molecular formula is C120H59N3O7. The summed E-state index contributed by atoms with van der Waals surface area (Å²) >= 11 is 0. The maximum atomic E-state index is 7.34. The highest BCUT2D eigenvalue weighted by molar-refractivity contribution is 6.37. The molecule has 13 aromatic heterocycles. The molecule has 0 radical (unpaired) electrons. The molecular weight excluding hydrogens is 1600 g/mol. The van der Waals surface area contributed by atoms with Gasteiger partial charge in [0.1, 0.15) is 44.7 Å². The molecule has 20 aromatic carbocycles. The van der Waals surface area contributed by atoms with Gasteiger partial charge in [-0.15, -0.1) is 0 Å². The number of rotatable bonds is 6. The fourth-order valence-electron chi connectivity index (χ4n) is 23.6. The minimum atomic E-state index is 0.808. The Morgan fingerprint density at radius 1 is 0.108 bits per heavy atom. The summed E-state index contributed by atoms with van der Waals surface area (Å²) in [5.41, 5.74) is 34.8. The lowest BCUT2D eigenvalue weighted by Gasteiger charge is -2.07. The summed E-state index contributed by atoms with van der Waals surface area (Å²) in [7, 11) is 0. The van der Waals surface area contributed by atoms with Crippen molar-refractivity contribution in [3.63, 3.8) is 0 Å². The molecule has 0 amide bonds. The molecule has 596 valence electrons. The van der Waals surface area contributed by atoms with Crippen molar-refractivity contribution in [2.24, 2.45) is 0 Å². The van der Waals surface area contributed by atoms with E-state index < -0.39 is 0 Å². The Labute approximate surface area is 731 Å².